The number of carbonyl (C=O) groups is 1. The Hall–Kier alpha value is -2.31. The van der Waals surface area contributed by atoms with E-state index in [9.17, 15) is 9.90 Å². The molecule has 1 aromatic carbocycles. The molecule has 0 aliphatic rings. The molecule has 0 unspecified atom stereocenters. The standard InChI is InChI=1S/C18H28O7/c1-5-6-7-8-9-10-11-12-14(25-18(20)21)13(19)16(23-3)17(24-4)15(12)22-2/h19H,5-11H2,1-4H3,(H,20,21). The fourth-order valence-corrected chi connectivity index (χ4v) is 2.79. The largest absolute Gasteiger partial charge is 0.511 e. The van der Waals surface area contributed by atoms with Gasteiger partial charge in [-0.2, -0.15) is 0 Å². The summed E-state index contributed by atoms with van der Waals surface area (Å²) in [4.78, 5) is 11.0. The van der Waals surface area contributed by atoms with Crippen molar-refractivity contribution in [3.05, 3.63) is 5.56 Å². The maximum Gasteiger partial charge on any atom is 0.511 e. The second-order valence-corrected chi connectivity index (χ2v) is 5.64. The number of ether oxygens (including phenoxy) is 4. The molecule has 0 fully saturated rings. The number of phenolic OH excluding ortho intramolecular Hbond substituents is 1. The van der Waals surface area contributed by atoms with E-state index in [4.69, 9.17) is 24.1 Å². The molecule has 0 heterocycles. The lowest BCUT2D eigenvalue weighted by molar-refractivity contribution is 0.141. The first kappa shape index (κ1) is 20.7. The van der Waals surface area contributed by atoms with Crippen molar-refractivity contribution in [2.24, 2.45) is 0 Å². The molecular weight excluding hydrogens is 328 g/mol. The molecule has 0 aromatic heterocycles. The van der Waals surface area contributed by atoms with Crippen molar-refractivity contribution in [1.29, 1.82) is 0 Å². The molecule has 0 saturated heterocycles. The summed E-state index contributed by atoms with van der Waals surface area (Å²) in [7, 11) is 4.21. The summed E-state index contributed by atoms with van der Waals surface area (Å²) in [6, 6.07) is 0. The van der Waals surface area contributed by atoms with Gasteiger partial charge < -0.3 is 29.2 Å². The summed E-state index contributed by atoms with van der Waals surface area (Å²) in [6.07, 6.45) is 5.42. The quantitative estimate of drug-likeness (QED) is 0.345. The minimum absolute atomic E-state index is 0.0257. The number of hydrogen-bond acceptors (Lipinski definition) is 6. The molecule has 7 heteroatoms. The summed E-state index contributed by atoms with van der Waals surface area (Å²) in [5.74, 6) is -0.0930. The second kappa shape index (κ2) is 10.5. The van der Waals surface area contributed by atoms with Crippen LogP contribution < -0.4 is 18.9 Å². The van der Waals surface area contributed by atoms with Crippen molar-refractivity contribution in [3.8, 4) is 28.7 Å². The van der Waals surface area contributed by atoms with E-state index in [1.807, 2.05) is 0 Å². The second-order valence-electron chi connectivity index (χ2n) is 5.64. The zero-order valence-electron chi connectivity index (χ0n) is 15.4. The molecule has 0 radical (unpaired) electrons. The molecule has 0 amide bonds. The molecule has 0 aliphatic carbocycles. The Morgan fingerprint density at radius 3 is 1.92 bits per heavy atom. The van der Waals surface area contributed by atoms with Crippen molar-refractivity contribution in [1.82, 2.24) is 0 Å². The summed E-state index contributed by atoms with van der Waals surface area (Å²) in [6.45, 7) is 2.16. The smallest absolute Gasteiger partial charge is 0.502 e. The summed E-state index contributed by atoms with van der Waals surface area (Å²) in [5.41, 5.74) is 0.454. The maximum atomic E-state index is 11.0. The van der Waals surface area contributed by atoms with Gasteiger partial charge in [0.15, 0.2) is 11.5 Å². The average Bonchev–Trinajstić information content (AvgIpc) is 2.59. The van der Waals surface area contributed by atoms with Crippen LogP contribution in [0, 0.1) is 0 Å². The number of aromatic hydroxyl groups is 1. The number of rotatable bonds is 11. The molecule has 0 saturated carbocycles. The van der Waals surface area contributed by atoms with Crippen LogP contribution in [0.3, 0.4) is 0 Å². The SMILES string of the molecule is CCCCCCCCc1c(OC(=O)O)c(O)c(OC)c(OC)c1OC. The van der Waals surface area contributed by atoms with Gasteiger partial charge in [0, 0.05) is 5.56 Å². The van der Waals surface area contributed by atoms with E-state index in [0.717, 1.165) is 19.3 Å². The van der Waals surface area contributed by atoms with Gasteiger partial charge in [0.1, 0.15) is 0 Å². The number of carboxylic acid groups (broad SMARTS) is 1. The van der Waals surface area contributed by atoms with E-state index in [1.165, 1.54) is 40.6 Å². The highest BCUT2D eigenvalue weighted by atomic mass is 16.7. The summed E-state index contributed by atoms with van der Waals surface area (Å²) >= 11 is 0. The van der Waals surface area contributed by atoms with Crippen LogP contribution in [0.1, 0.15) is 51.0 Å². The molecule has 142 valence electrons. The molecule has 25 heavy (non-hydrogen) atoms. The monoisotopic (exact) mass is 356 g/mol. The Kier molecular flexibility index (Phi) is 8.74. The van der Waals surface area contributed by atoms with E-state index in [1.54, 1.807) is 0 Å². The van der Waals surface area contributed by atoms with E-state index in [-0.39, 0.29) is 17.2 Å². The zero-order chi connectivity index (χ0) is 18.8. The van der Waals surface area contributed by atoms with Gasteiger partial charge in [-0.1, -0.05) is 39.0 Å². The van der Waals surface area contributed by atoms with Crippen LogP contribution in [0.2, 0.25) is 0 Å². The predicted molar refractivity (Wildman–Crippen MR) is 93.5 cm³/mol. The maximum absolute atomic E-state index is 11.0. The van der Waals surface area contributed by atoms with Gasteiger partial charge in [-0.05, 0) is 12.8 Å². The molecule has 0 bridgehead atoms. The molecule has 0 spiro atoms. The fourth-order valence-electron chi connectivity index (χ4n) is 2.79. The van der Waals surface area contributed by atoms with Crippen LogP contribution in [0.15, 0.2) is 0 Å². The van der Waals surface area contributed by atoms with Gasteiger partial charge in [-0.15, -0.1) is 0 Å². The fraction of sp³-hybridized carbons (Fsp3) is 0.611. The molecule has 0 aliphatic heterocycles. The lowest BCUT2D eigenvalue weighted by Crippen LogP contribution is -2.09. The molecule has 1 rings (SSSR count). The minimum atomic E-state index is -1.52. The van der Waals surface area contributed by atoms with Crippen LogP contribution >= 0.6 is 0 Å². The van der Waals surface area contributed by atoms with Crippen LogP contribution in [0.4, 0.5) is 4.79 Å². The number of hydrogen-bond donors (Lipinski definition) is 2. The Balaban J connectivity index is 3.17. The third kappa shape index (κ3) is 5.34. The van der Waals surface area contributed by atoms with Crippen LogP contribution in [-0.4, -0.2) is 37.7 Å². The van der Waals surface area contributed by atoms with Crippen molar-refractivity contribution in [3.63, 3.8) is 0 Å². The van der Waals surface area contributed by atoms with Gasteiger partial charge in [-0.3, -0.25) is 0 Å². The first-order valence-electron chi connectivity index (χ1n) is 8.46. The zero-order valence-corrected chi connectivity index (χ0v) is 15.4. The number of phenols is 1. The van der Waals surface area contributed by atoms with E-state index in [0.29, 0.717) is 17.7 Å². The highest BCUT2D eigenvalue weighted by molar-refractivity contribution is 5.73. The van der Waals surface area contributed by atoms with E-state index in [2.05, 4.69) is 6.92 Å². The Labute approximate surface area is 148 Å². The highest BCUT2D eigenvalue weighted by Crippen LogP contribution is 2.53. The molecule has 7 nitrogen and oxygen atoms in total. The van der Waals surface area contributed by atoms with Crippen molar-refractivity contribution < 1.29 is 34.0 Å². The topological polar surface area (TPSA) is 94.5 Å². The van der Waals surface area contributed by atoms with Crippen molar-refractivity contribution >= 4 is 6.16 Å². The third-order valence-electron chi connectivity index (χ3n) is 3.97. The van der Waals surface area contributed by atoms with Gasteiger partial charge in [-0.25, -0.2) is 4.79 Å². The molecular formula is C18H28O7. The first-order valence-corrected chi connectivity index (χ1v) is 8.46. The Morgan fingerprint density at radius 1 is 0.840 bits per heavy atom. The Morgan fingerprint density at radius 2 is 1.40 bits per heavy atom. The summed E-state index contributed by atoms with van der Waals surface area (Å²) in [5, 5.41) is 19.4. The number of benzene rings is 1. The molecule has 0 atom stereocenters. The van der Waals surface area contributed by atoms with Gasteiger partial charge in [0.25, 0.3) is 0 Å². The summed E-state index contributed by atoms with van der Waals surface area (Å²) < 4.78 is 20.6. The highest BCUT2D eigenvalue weighted by Gasteiger charge is 2.28. The predicted octanol–water partition coefficient (Wildman–Crippen LogP) is 4.38. The van der Waals surface area contributed by atoms with Gasteiger partial charge in [0.2, 0.25) is 17.2 Å². The van der Waals surface area contributed by atoms with Crippen molar-refractivity contribution in [2.75, 3.05) is 21.3 Å². The lowest BCUT2D eigenvalue weighted by Gasteiger charge is -2.20. The Bertz CT molecular complexity index is 569. The third-order valence-corrected chi connectivity index (χ3v) is 3.97. The van der Waals surface area contributed by atoms with Crippen molar-refractivity contribution in [2.45, 2.75) is 51.9 Å². The van der Waals surface area contributed by atoms with Crippen LogP contribution in [0.25, 0.3) is 0 Å². The first-order chi connectivity index (χ1) is 12.0. The van der Waals surface area contributed by atoms with Gasteiger partial charge >= 0.3 is 6.16 Å². The normalized spacial score (nSPS) is 10.4. The number of unbranched alkanes of at least 4 members (excludes halogenated alkanes) is 5. The van der Waals surface area contributed by atoms with Gasteiger partial charge in [0.05, 0.1) is 21.3 Å². The van der Waals surface area contributed by atoms with E-state index < -0.39 is 11.9 Å². The van der Waals surface area contributed by atoms with E-state index >= 15 is 0 Å². The number of methoxy groups -OCH3 is 3. The lowest BCUT2D eigenvalue weighted by atomic mass is 10.0. The van der Waals surface area contributed by atoms with Crippen LogP contribution in [0.5, 0.6) is 28.7 Å². The minimum Gasteiger partial charge on any atom is -0.502 e. The molecule has 1 aromatic rings. The average molecular weight is 356 g/mol. The van der Waals surface area contributed by atoms with Crippen LogP contribution in [-0.2, 0) is 6.42 Å². The molecule has 2 N–H and O–H groups in total.